The first kappa shape index (κ1) is 22.8. The second kappa shape index (κ2) is 9.84. The zero-order valence-electron chi connectivity index (χ0n) is 16.0. The Labute approximate surface area is 165 Å². The van der Waals surface area contributed by atoms with Crippen molar-refractivity contribution in [2.24, 2.45) is 5.41 Å². The van der Waals surface area contributed by atoms with Crippen LogP contribution in [-0.2, 0) is 28.6 Å². The van der Waals surface area contributed by atoms with Crippen LogP contribution in [0.2, 0.25) is 0 Å². The third kappa shape index (κ3) is 7.14. The SMILES string of the molecule is CC(C)(CCOC(=O)OC1CO[C@@H]2C(O)CO[C@H]12)CC(CO[N+](=O)[O-])O[N+](=O)[O-]. The largest absolute Gasteiger partial charge is 0.508 e. The predicted octanol–water partition coefficient (Wildman–Crippen LogP) is 0.258. The Hall–Kier alpha value is -2.45. The van der Waals surface area contributed by atoms with Crippen LogP contribution in [0.1, 0.15) is 26.7 Å². The lowest BCUT2D eigenvalue weighted by Crippen LogP contribution is -2.34. The van der Waals surface area contributed by atoms with E-state index in [9.17, 15) is 30.1 Å². The van der Waals surface area contributed by atoms with E-state index in [-0.39, 0.29) is 32.7 Å². The molecular weight excluding hydrogens is 400 g/mol. The van der Waals surface area contributed by atoms with Gasteiger partial charge in [0.25, 0.3) is 10.2 Å². The van der Waals surface area contributed by atoms with Crippen molar-refractivity contribution in [2.75, 3.05) is 26.4 Å². The summed E-state index contributed by atoms with van der Waals surface area (Å²) in [5, 5.41) is 28.4. The molecule has 2 saturated heterocycles. The first-order chi connectivity index (χ1) is 13.6. The molecule has 0 aliphatic carbocycles. The summed E-state index contributed by atoms with van der Waals surface area (Å²) in [5.41, 5.74) is -0.624. The Morgan fingerprint density at radius 1 is 1.21 bits per heavy atom. The number of aliphatic hydroxyl groups is 1. The molecule has 14 nitrogen and oxygen atoms in total. The van der Waals surface area contributed by atoms with E-state index in [4.69, 9.17) is 18.9 Å². The molecule has 166 valence electrons. The Morgan fingerprint density at radius 3 is 2.55 bits per heavy atom. The second-order valence-corrected chi connectivity index (χ2v) is 7.51. The van der Waals surface area contributed by atoms with Crippen LogP contribution in [0, 0.1) is 25.6 Å². The summed E-state index contributed by atoms with van der Waals surface area (Å²) in [4.78, 5) is 41.3. The summed E-state index contributed by atoms with van der Waals surface area (Å²) in [6.45, 7) is 2.99. The molecule has 0 radical (unpaired) electrons. The molecule has 0 amide bonds. The smallest absolute Gasteiger partial charge is 0.434 e. The Bertz CT molecular complexity index is 600. The zero-order chi connectivity index (χ0) is 21.6. The number of carbonyl (C=O) groups excluding carboxylic acids is 1. The van der Waals surface area contributed by atoms with Crippen molar-refractivity contribution >= 4 is 6.16 Å². The maximum Gasteiger partial charge on any atom is 0.508 e. The fourth-order valence-corrected chi connectivity index (χ4v) is 3.22. The van der Waals surface area contributed by atoms with E-state index < -0.39 is 58.9 Å². The molecule has 0 spiro atoms. The Morgan fingerprint density at radius 2 is 1.90 bits per heavy atom. The first-order valence-electron chi connectivity index (χ1n) is 8.90. The third-order valence-electron chi connectivity index (χ3n) is 4.61. The maximum atomic E-state index is 11.9. The quantitative estimate of drug-likeness (QED) is 0.272. The van der Waals surface area contributed by atoms with Gasteiger partial charge in [-0.15, -0.1) is 20.2 Å². The molecule has 2 heterocycles. The van der Waals surface area contributed by atoms with Gasteiger partial charge in [-0.2, -0.15) is 0 Å². The first-order valence-corrected chi connectivity index (χ1v) is 8.90. The molecule has 3 unspecified atom stereocenters. The molecule has 29 heavy (non-hydrogen) atoms. The molecule has 5 atom stereocenters. The van der Waals surface area contributed by atoms with Crippen molar-refractivity contribution in [3.05, 3.63) is 20.2 Å². The van der Waals surface area contributed by atoms with Gasteiger partial charge in [0.1, 0.15) is 31.0 Å². The van der Waals surface area contributed by atoms with Crippen molar-refractivity contribution in [3.63, 3.8) is 0 Å². The van der Waals surface area contributed by atoms with Gasteiger partial charge in [-0.25, -0.2) is 4.79 Å². The Kier molecular flexibility index (Phi) is 7.75. The number of rotatable bonds is 11. The topological polar surface area (TPSA) is 179 Å². The molecule has 2 fully saturated rings. The van der Waals surface area contributed by atoms with E-state index in [2.05, 4.69) is 9.68 Å². The minimum atomic E-state index is -1.16. The van der Waals surface area contributed by atoms with Gasteiger partial charge in [-0.3, -0.25) is 0 Å². The minimum Gasteiger partial charge on any atom is -0.434 e. The number of hydrogen-bond donors (Lipinski definition) is 1. The number of carbonyl (C=O) groups is 1. The summed E-state index contributed by atoms with van der Waals surface area (Å²) in [6.07, 6.45) is -4.30. The van der Waals surface area contributed by atoms with E-state index >= 15 is 0 Å². The standard InChI is InChI=1S/C15H24N2O12/c1-15(2,5-9(29-17(22)23)6-27-16(20)21)3-4-24-14(19)28-11-8-26-12-10(18)7-25-13(11)12/h9-13,18H,3-8H2,1-2H3/t9?,10?,11?,12-,13-/m1/s1. The highest BCUT2D eigenvalue weighted by Gasteiger charge is 2.49. The van der Waals surface area contributed by atoms with Crippen molar-refractivity contribution < 1.29 is 48.7 Å². The fourth-order valence-electron chi connectivity index (χ4n) is 3.22. The Balaban J connectivity index is 1.73. The van der Waals surface area contributed by atoms with Crippen LogP contribution in [-0.4, -0.2) is 78.4 Å². The molecular formula is C15H24N2O12. The number of hydrogen-bond acceptors (Lipinski definition) is 12. The lowest BCUT2D eigenvalue weighted by molar-refractivity contribution is -0.790. The number of aliphatic hydroxyl groups excluding tert-OH is 1. The molecule has 2 rings (SSSR count). The highest BCUT2D eigenvalue weighted by Crippen LogP contribution is 2.30. The summed E-state index contributed by atoms with van der Waals surface area (Å²) >= 11 is 0. The summed E-state index contributed by atoms with van der Waals surface area (Å²) < 4.78 is 20.9. The van der Waals surface area contributed by atoms with Gasteiger partial charge in [0.15, 0.2) is 6.10 Å². The van der Waals surface area contributed by atoms with Crippen molar-refractivity contribution in [2.45, 2.75) is 57.2 Å². The minimum absolute atomic E-state index is 0.0478. The monoisotopic (exact) mass is 424 g/mol. The number of nitrogens with zero attached hydrogens (tertiary/aromatic N) is 2. The van der Waals surface area contributed by atoms with Gasteiger partial charge >= 0.3 is 6.16 Å². The molecule has 1 N–H and O–H groups in total. The van der Waals surface area contributed by atoms with E-state index in [0.717, 1.165) is 0 Å². The van der Waals surface area contributed by atoms with Gasteiger partial charge < -0.3 is 33.7 Å². The molecule has 0 bridgehead atoms. The van der Waals surface area contributed by atoms with Gasteiger partial charge in [0.05, 0.1) is 19.8 Å². The van der Waals surface area contributed by atoms with Crippen LogP contribution in [0.25, 0.3) is 0 Å². The van der Waals surface area contributed by atoms with Gasteiger partial charge in [-0.1, -0.05) is 13.8 Å². The zero-order valence-corrected chi connectivity index (χ0v) is 16.0. The average Bonchev–Trinajstić information content (AvgIpc) is 3.15. The van der Waals surface area contributed by atoms with Crippen LogP contribution >= 0.6 is 0 Å². The van der Waals surface area contributed by atoms with E-state index in [0.29, 0.717) is 0 Å². The second-order valence-electron chi connectivity index (χ2n) is 7.51. The van der Waals surface area contributed by atoms with Crippen molar-refractivity contribution in [3.8, 4) is 0 Å². The molecule has 0 aromatic carbocycles. The van der Waals surface area contributed by atoms with Crippen LogP contribution in [0.5, 0.6) is 0 Å². The molecule has 2 aliphatic heterocycles. The number of fused-ring (bicyclic) bond motifs is 1. The van der Waals surface area contributed by atoms with Crippen molar-refractivity contribution in [1.29, 1.82) is 0 Å². The van der Waals surface area contributed by atoms with Crippen molar-refractivity contribution in [1.82, 2.24) is 0 Å². The molecule has 2 aliphatic rings. The summed E-state index contributed by atoms with van der Waals surface area (Å²) in [7, 11) is 0. The normalized spacial score (nSPS) is 27.0. The van der Waals surface area contributed by atoms with E-state index in [1.165, 1.54) is 0 Å². The van der Waals surface area contributed by atoms with Crippen LogP contribution < -0.4 is 0 Å². The van der Waals surface area contributed by atoms with Crippen LogP contribution in [0.4, 0.5) is 4.79 Å². The van der Waals surface area contributed by atoms with Crippen LogP contribution in [0.3, 0.4) is 0 Å². The maximum absolute atomic E-state index is 11.9. The lowest BCUT2D eigenvalue weighted by atomic mass is 9.84. The summed E-state index contributed by atoms with van der Waals surface area (Å²) in [5.74, 6) is 0. The molecule has 0 aromatic heterocycles. The third-order valence-corrected chi connectivity index (χ3v) is 4.61. The molecule has 0 aromatic rings. The summed E-state index contributed by atoms with van der Waals surface area (Å²) in [6, 6.07) is 0. The highest BCUT2D eigenvalue weighted by molar-refractivity contribution is 5.60. The molecule has 14 heteroatoms. The van der Waals surface area contributed by atoms with Crippen LogP contribution in [0.15, 0.2) is 0 Å². The van der Waals surface area contributed by atoms with Gasteiger partial charge in [0, 0.05) is 0 Å². The predicted molar refractivity (Wildman–Crippen MR) is 89.5 cm³/mol. The van der Waals surface area contributed by atoms with Gasteiger partial charge in [0.2, 0.25) is 0 Å². The van der Waals surface area contributed by atoms with E-state index in [1.54, 1.807) is 13.8 Å². The lowest BCUT2D eigenvalue weighted by Gasteiger charge is -2.28. The molecule has 0 saturated carbocycles. The number of ether oxygens (including phenoxy) is 4. The van der Waals surface area contributed by atoms with Gasteiger partial charge in [-0.05, 0) is 18.3 Å². The average molecular weight is 424 g/mol. The fraction of sp³-hybridized carbons (Fsp3) is 0.933. The highest BCUT2D eigenvalue weighted by atomic mass is 17.0. The van der Waals surface area contributed by atoms with E-state index in [1.807, 2.05) is 0 Å².